The quantitative estimate of drug-likeness (QED) is 0.634. The molecular weight excluding hydrogens is 385 g/mol. The van der Waals surface area contributed by atoms with Crippen molar-refractivity contribution >= 4 is 16.9 Å². The van der Waals surface area contributed by atoms with E-state index in [-0.39, 0.29) is 17.8 Å². The maximum Gasteiger partial charge on any atom is 0.254 e. The molecule has 0 radical (unpaired) electrons. The van der Waals surface area contributed by atoms with Gasteiger partial charge in [-0.15, -0.1) is 0 Å². The van der Waals surface area contributed by atoms with E-state index in [1.807, 2.05) is 24.8 Å². The highest BCUT2D eigenvalue weighted by molar-refractivity contribution is 5.99. The Labute approximate surface area is 175 Å². The first-order chi connectivity index (χ1) is 14.5. The summed E-state index contributed by atoms with van der Waals surface area (Å²) in [4.78, 5) is 22.7. The molecule has 158 valence electrons. The van der Waals surface area contributed by atoms with E-state index in [0.29, 0.717) is 48.7 Å². The van der Waals surface area contributed by atoms with Crippen molar-refractivity contribution in [3.05, 3.63) is 53.1 Å². The number of amides is 1. The second-order valence-electron chi connectivity index (χ2n) is 7.50. The van der Waals surface area contributed by atoms with E-state index in [0.717, 1.165) is 23.3 Å². The number of rotatable bonds is 6. The van der Waals surface area contributed by atoms with E-state index in [4.69, 9.17) is 9.47 Å². The second-order valence-corrected chi connectivity index (χ2v) is 7.50. The number of aromatic nitrogens is 2. The predicted octanol–water partition coefficient (Wildman–Crippen LogP) is 4.79. The number of nitrogens with zero attached hydrogens (tertiary/aromatic N) is 2. The average Bonchev–Trinajstić information content (AvgIpc) is 3.12. The Balaban J connectivity index is 1.73. The summed E-state index contributed by atoms with van der Waals surface area (Å²) in [5.74, 6) is 1.40. The zero-order valence-electron chi connectivity index (χ0n) is 17.5. The summed E-state index contributed by atoms with van der Waals surface area (Å²) >= 11 is 0. The Bertz CT molecular complexity index is 1080. The van der Waals surface area contributed by atoms with Gasteiger partial charge >= 0.3 is 0 Å². The van der Waals surface area contributed by atoms with Crippen LogP contribution >= 0.6 is 0 Å². The van der Waals surface area contributed by atoms with Crippen molar-refractivity contribution in [1.82, 2.24) is 14.9 Å². The molecule has 0 saturated carbocycles. The van der Waals surface area contributed by atoms with Crippen molar-refractivity contribution in [3.8, 4) is 11.5 Å². The van der Waals surface area contributed by atoms with Gasteiger partial charge in [0.05, 0.1) is 12.1 Å². The summed E-state index contributed by atoms with van der Waals surface area (Å²) in [7, 11) is 0. The third kappa shape index (κ3) is 3.84. The number of ether oxygens (including phenoxy) is 2. The summed E-state index contributed by atoms with van der Waals surface area (Å²) in [6.07, 6.45) is 1.21. The smallest absolute Gasteiger partial charge is 0.254 e. The Morgan fingerprint density at radius 1 is 1.33 bits per heavy atom. The van der Waals surface area contributed by atoms with Crippen LogP contribution in [0.5, 0.6) is 11.5 Å². The van der Waals surface area contributed by atoms with Crippen LogP contribution in [0.25, 0.3) is 11.0 Å². The summed E-state index contributed by atoms with van der Waals surface area (Å²) < 4.78 is 25.5. The van der Waals surface area contributed by atoms with Gasteiger partial charge in [-0.25, -0.2) is 9.37 Å². The summed E-state index contributed by atoms with van der Waals surface area (Å²) in [6, 6.07) is 8.07. The van der Waals surface area contributed by atoms with E-state index in [1.165, 1.54) is 12.1 Å². The van der Waals surface area contributed by atoms with Crippen molar-refractivity contribution < 1.29 is 18.7 Å². The number of nitrogens with one attached hydrogen (secondary N) is 1. The molecule has 1 amide bonds. The Morgan fingerprint density at radius 3 is 2.93 bits per heavy atom. The molecular formula is C23H26FN3O3. The fraction of sp³-hybridized carbons (Fsp3) is 0.391. The van der Waals surface area contributed by atoms with Gasteiger partial charge in [-0.3, -0.25) is 4.79 Å². The maximum atomic E-state index is 13.6. The first-order valence-electron chi connectivity index (χ1n) is 10.4. The molecule has 1 atom stereocenters. The van der Waals surface area contributed by atoms with Gasteiger partial charge in [-0.1, -0.05) is 6.92 Å². The lowest BCUT2D eigenvalue weighted by molar-refractivity contribution is 0.0763. The highest BCUT2D eigenvalue weighted by Gasteiger charge is 2.26. The van der Waals surface area contributed by atoms with Crippen LogP contribution in [-0.2, 0) is 0 Å². The molecule has 1 aliphatic rings. The largest absolute Gasteiger partial charge is 0.493 e. The first kappa shape index (κ1) is 20.2. The maximum absolute atomic E-state index is 13.6. The minimum atomic E-state index is -0.345. The molecule has 0 spiro atoms. The Kier molecular flexibility index (Phi) is 5.61. The van der Waals surface area contributed by atoms with Gasteiger partial charge in [0.2, 0.25) is 0 Å². The number of aromatic amines is 1. The molecule has 2 heterocycles. The number of hydrogen-bond acceptors (Lipinski definition) is 4. The lowest BCUT2D eigenvalue weighted by atomic mass is 10.0. The number of fused-ring (bicyclic) bond motifs is 2. The molecule has 0 aliphatic carbocycles. The Morgan fingerprint density at radius 2 is 2.17 bits per heavy atom. The molecule has 1 aromatic heterocycles. The molecule has 2 aromatic carbocycles. The molecule has 3 aromatic rings. The van der Waals surface area contributed by atoms with E-state index in [1.54, 1.807) is 12.1 Å². The van der Waals surface area contributed by atoms with Crippen molar-refractivity contribution in [2.75, 3.05) is 19.7 Å². The monoisotopic (exact) mass is 411 g/mol. The van der Waals surface area contributed by atoms with Crippen molar-refractivity contribution in [2.24, 2.45) is 0 Å². The van der Waals surface area contributed by atoms with Gasteiger partial charge < -0.3 is 19.4 Å². The summed E-state index contributed by atoms with van der Waals surface area (Å²) in [5.41, 5.74) is 2.79. The molecule has 7 heteroatoms. The number of halogens is 1. The van der Waals surface area contributed by atoms with E-state index in [2.05, 4.69) is 16.9 Å². The Hall–Kier alpha value is -3.09. The summed E-state index contributed by atoms with van der Waals surface area (Å²) in [5, 5.41) is 0. The number of H-pyrrole nitrogens is 1. The van der Waals surface area contributed by atoms with Crippen LogP contribution in [0, 0.1) is 12.7 Å². The van der Waals surface area contributed by atoms with Crippen LogP contribution in [0.15, 0.2) is 30.3 Å². The zero-order chi connectivity index (χ0) is 21.3. The number of carbonyl (C=O) groups is 1. The van der Waals surface area contributed by atoms with E-state index >= 15 is 0 Å². The van der Waals surface area contributed by atoms with Crippen LogP contribution in [0.2, 0.25) is 0 Å². The SMILES string of the molecule is CCCN(CC)C(=O)c1cc(OC2CCOc3cc(F)ccc32)c2nc(C)[nH]c2c1. The number of hydrogen-bond donors (Lipinski definition) is 1. The molecule has 1 N–H and O–H groups in total. The van der Waals surface area contributed by atoms with Crippen LogP contribution in [0.3, 0.4) is 0 Å². The lowest BCUT2D eigenvalue weighted by Gasteiger charge is -2.27. The number of carbonyl (C=O) groups excluding carboxylic acids is 1. The van der Waals surface area contributed by atoms with E-state index < -0.39 is 0 Å². The number of benzene rings is 2. The van der Waals surface area contributed by atoms with Crippen LogP contribution in [0.1, 0.15) is 54.5 Å². The first-order valence-corrected chi connectivity index (χ1v) is 10.4. The highest BCUT2D eigenvalue weighted by Crippen LogP contribution is 2.38. The second kappa shape index (κ2) is 8.34. The molecule has 1 aliphatic heterocycles. The average molecular weight is 411 g/mol. The minimum absolute atomic E-state index is 0.0344. The van der Waals surface area contributed by atoms with Gasteiger partial charge in [0.1, 0.15) is 34.8 Å². The normalized spacial score (nSPS) is 15.5. The number of aryl methyl sites for hydroxylation is 1. The standard InChI is InChI=1S/C23H26FN3O3/c1-4-9-27(5-2)23(28)15-11-18-22(26-14(3)25-18)21(12-15)30-19-8-10-29-20-13-16(24)6-7-17(19)20/h6-7,11-13,19H,4-5,8-10H2,1-3H3,(H,25,26). The minimum Gasteiger partial charge on any atom is -0.493 e. The number of imidazole rings is 1. The zero-order valence-corrected chi connectivity index (χ0v) is 17.5. The van der Waals surface area contributed by atoms with Crippen molar-refractivity contribution in [2.45, 2.75) is 39.7 Å². The molecule has 0 bridgehead atoms. The van der Waals surface area contributed by atoms with Gasteiger partial charge in [-0.05, 0) is 44.5 Å². The molecule has 0 fully saturated rings. The third-order valence-electron chi connectivity index (χ3n) is 5.31. The van der Waals surface area contributed by atoms with Gasteiger partial charge in [0.15, 0.2) is 0 Å². The van der Waals surface area contributed by atoms with Crippen molar-refractivity contribution in [3.63, 3.8) is 0 Å². The molecule has 30 heavy (non-hydrogen) atoms. The van der Waals surface area contributed by atoms with E-state index in [9.17, 15) is 9.18 Å². The fourth-order valence-corrected chi connectivity index (χ4v) is 3.88. The van der Waals surface area contributed by atoms with Crippen LogP contribution in [-0.4, -0.2) is 40.5 Å². The topological polar surface area (TPSA) is 67.5 Å². The highest BCUT2D eigenvalue weighted by atomic mass is 19.1. The lowest BCUT2D eigenvalue weighted by Crippen LogP contribution is -2.31. The van der Waals surface area contributed by atoms with Gasteiger partial charge in [0, 0.05) is 36.7 Å². The molecule has 4 rings (SSSR count). The van der Waals surface area contributed by atoms with Crippen LogP contribution in [0.4, 0.5) is 4.39 Å². The molecule has 6 nitrogen and oxygen atoms in total. The van der Waals surface area contributed by atoms with Gasteiger partial charge in [-0.2, -0.15) is 0 Å². The molecule has 1 unspecified atom stereocenters. The molecule has 0 saturated heterocycles. The summed E-state index contributed by atoms with van der Waals surface area (Å²) in [6.45, 7) is 7.67. The fourth-order valence-electron chi connectivity index (χ4n) is 3.88. The predicted molar refractivity (Wildman–Crippen MR) is 113 cm³/mol. The third-order valence-corrected chi connectivity index (χ3v) is 5.31. The van der Waals surface area contributed by atoms with Crippen molar-refractivity contribution in [1.29, 1.82) is 0 Å². The van der Waals surface area contributed by atoms with Gasteiger partial charge in [0.25, 0.3) is 5.91 Å². The van der Waals surface area contributed by atoms with Crippen LogP contribution < -0.4 is 9.47 Å².